The van der Waals surface area contributed by atoms with E-state index in [1.54, 1.807) is 11.1 Å². The Bertz CT molecular complexity index is 1480. The molecule has 4 heteroatoms. The molecule has 0 aromatic carbocycles. The summed E-state index contributed by atoms with van der Waals surface area (Å²) in [5.41, 5.74) is 4.12. The van der Waals surface area contributed by atoms with Crippen molar-refractivity contribution in [2.45, 2.75) is 228 Å². The Morgan fingerprint density at radius 1 is 0.638 bits per heavy atom. The molecule has 4 nitrogen and oxygen atoms in total. The van der Waals surface area contributed by atoms with Crippen molar-refractivity contribution in [1.29, 1.82) is 0 Å². The maximum atomic E-state index is 11.6. The van der Waals surface area contributed by atoms with E-state index in [1.165, 1.54) is 89.9 Å². The van der Waals surface area contributed by atoms with Gasteiger partial charge in [-0.05, 0) is 216 Å². The molecule has 4 N–H and O–H groups in total. The zero-order chi connectivity index (χ0) is 42.0. The van der Waals surface area contributed by atoms with Crippen molar-refractivity contribution in [3.05, 3.63) is 23.3 Å². The molecule has 1 unspecified atom stereocenters. The fraction of sp³-hybridized carbons (Fsp3) is 0.926. The first-order valence-corrected chi connectivity index (χ1v) is 25.4. The molecule has 0 heterocycles. The van der Waals surface area contributed by atoms with Crippen LogP contribution in [0.2, 0.25) is 0 Å². The van der Waals surface area contributed by atoms with Gasteiger partial charge >= 0.3 is 0 Å². The Morgan fingerprint density at radius 3 is 1.69 bits per heavy atom. The molecule has 6 fully saturated rings. The number of fused-ring (bicyclic) bond motifs is 10. The lowest BCUT2D eigenvalue weighted by Crippen LogP contribution is -2.53. The lowest BCUT2D eigenvalue weighted by atomic mass is 9.46. The molecular weight excluding hydrogens is 713 g/mol. The maximum Gasteiger partial charge on any atom is 0.0653 e. The highest BCUT2D eigenvalue weighted by atomic mass is 16.3. The average molecular weight is 805 g/mol. The SMILES string of the molecule is CC(C)C(O)CC[C@@H](C)[C@H]1CC[C@H]2[C@@H]3CC=C4C[C@@H](O)CC[C@]4(C)[C@H]3CC[C@]12C.CC(C)CCC[C@](C)(O)[C@H]1CC[C@H]2[C@@H]3CC=C4C[C@@H](O)CC[C@]4(C)[C@H]3CC[C@@]21C. The van der Waals surface area contributed by atoms with E-state index in [1.807, 2.05) is 0 Å². The molecule has 0 aliphatic heterocycles. The maximum absolute atomic E-state index is 11.6. The first-order chi connectivity index (χ1) is 27.2. The Morgan fingerprint density at radius 2 is 1.16 bits per heavy atom. The Kier molecular flexibility index (Phi) is 13.4. The van der Waals surface area contributed by atoms with E-state index in [9.17, 15) is 20.4 Å². The number of hydrogen-bond donors (Lipinski definition) is 4. The molecule has 8 aliphatic carbocycles. The molecule has 0 amide bonds. The highest BCUT2D eigenvalue weighted by Crippen LogP contribution is 2.69. The van der Waals surface area contributed by atoms with Crippen LogP contribution in [0, 0.1) is 86.8 Å². The quantitative estimate of drug-likeness (QED) is 0.166. The molecule has 6 saturated carbocycles. The highest BCUT2D eigenvalue weighted by molar-refractivity contribution is 5.27. The van der Waals surface area contributed by atoms with E-state index in [0.717, 1.165) is 98.2 Å². The van der Waals surface area contributed by atoms with Gasteiger partial charge in [0.05, 0.1) is 23.9 Å². The molecule has 0 saturated heterocycles. The van der Waals surface area contributed by atoms with Gasteiger partial charge in [-0.3, -0.25) is 0 Å². The number of hydrogen-bond acceptors (Lipinski definition) is 4. The van der Waals surface area contributed by atoms with E-state index in [2.05, 4.69) is 81.4 Å². The zero-order valence-electron chi connectivity index (χ0n) is 39.4. The summed E-state index contributed by atoms with van der Waals surface area (Å²) in [6.45, 7) is 23.7. The first-order valence-electron chi connectivity index (χ1n) is 25.4. The van der Waals surface area contributed by atoms with Gasteiger partial charge in [-0.25, -0.2) is 0 Å². The molecule has 332 valence electrons. The third kappa shape index (κ3) is 8.17. The van der Waals surface area contributed by atoms with Gasteiger partial charge in [0.2, 0.25) is 0 Å². The standard InChI is InChI=1S/2C27H46O2/c1-17(2)25(29)11-6-18(3)22-9-10-23-21-8-7-19-16-20(28)12-14-26(19,4)24(21)13-15-27(22,23)5;1-18(2)7-6-14-27(5,29)24-11-10-22-21-9-8-19-17-20(28)12-15-25(19,3)23(21)13-16-26(22,24)4/h7,17-18,20-25,28-29H,6,8-16H2,1-5H3;8,18,20-24,28-29H,6-7,9-17H2,1-5H3/t18-,20+,21+,22-,23+,24+,25?,26+,27-;20-,21-,22-,23-,24-,25-,26-,27-/m10/s1. The summed E-state index contributed by atoms with van der Waals surface area (Å²) in [7, 11) is 0. The fourth-order valence-corrected chi connectivity index (χ4v) is 17.3. The van der Waals surface area contributed by atoms with Crippen molar-refractivity contribution in [2.75, 3.05) is 0 Å². The fourth-order valence-electron chi connectivity index (χ4n) is 17.3. The molecule has 0 aromatic rings. The molecule has 8 rings (SSSR count). The number of aliphatic hydroxyl groups is 4. The molecule has 0 bridgehead atoms. The van der Waals surface area contributed by atoms with Gasteiger partial charge in [-0.1, -0.05) is 98.5 Å². The van der Waals surface area contributed by atoms with Crippen molar-refractivity contribution >= 4 is 0 Å². The van der Waals surface area contributed by atoms with Crippen LogP contribution in [0.5, 0.6) is 0 Å². The lowest BCUT2D eigenvalue weighted by molar-refractivity contribution is -0.105. The summed E-state index contributed by atoms with van der Waals surface area (Å²) in [5, 5.41) is 42.3. The van der Waals surface area contributed by atoms with Gasteiger partial charge in [0.15, 0.2) is 0 Å². The molecule has 8 aliphatic rings. The summed E-state index contributed by atoms with van der Waals surface area (Å²) in [6, 6.07) is 0. The van der Waals surface area contributed by atoms with Crippen LogP contribution >= 0.6 is 0 Å². The number of rotatable bonds is 10. The van der Waals surface area contributed by atoms with E-state index in [4.69, 9.17) is 0 Å². The molecule has 58 heavy (non-hydrogen) atoms. The third-order valence-electron chi connectivity index (χ3n) is 20.8. The van der Waals surface area contributed by atoms with Crippen molar-refractivity contribution in [1.82, 2.24) is 0 Å². The average Bonchev–Trinajstić information content (AvgIpc) is 3.71. The summed E-state index contributed by atoms with van der Waals surface area (Å²) >= 11 is 0. The lowest BCUT2D eigenvalue weighted by Gasteiger charge is -2.59. The minimum Gasteiger partial charge on any atom is -0.393 e. The number of aliphatic hydroxyl groups excluding tert-OH is 3. The van der Waals surface area contributed by atoms with E-state index in [0.29, 0.717) is 33.5 Å². The van der Waals surface area contributed by atoms with Crippen LogP contribution in [0.15, 0.2) is 23.3 Å². The van der Waals surface area contributed by atoms with Gasteiger partial charge in [-0.15, -0.1) is 0 Å². The normalized spacial score (nSPS) is 46.5. The minimum absolute atomic E-state index is 0.0994. The Labute approximate surface area is 357 Å². The van der Waals surface area contributed by atoms with Crippen LogP contribution in [0.3, 0.4) is 0 Å². The van der Waals surface area contributed by atoms with Crippen LogP contribution in [-0.4, -0.2) is 44.3 Å². The van der Waals surface area contributed by atoms with Crippen molar-refractivity contribution in [2.24, 2.45) is 86.8 Å². The van der Waals surface area contributed by atoms with E-state index < -0.39 is 5.60 Å². The smallest absolute Gasteiger partial charge is 0.0653 e. The Hall–Kier alpha value is -0.680. The van der Waals surface area contributed by atoms with Gasteiger partial charge in [0, 0.05) is 0 Å². The van der Waals surface area contributed by atoms with E-state index in [-0.39, 0.29) is 18.3 Å². The molecular formula is C54H92O4. The van der Waals surface area contributed by atoms with Crippen molar-refractivity contribution in [3.63, 3.8) is 0 Å². The largest absolute Gasteiger partial charge is 0.393 e. The third-order valence-corrected chi connectivity index (χ3v) is 20.8. The summed E-state index contributed by atoms with van der Waals surface area (Å²) in [4.78, 5) is 0. The van der Waals surface area contributed by atoms with E-state index >= 15 is 0 Å². The number of allylic oxidation sites excluding steroid dienone is 2. The van der Waals surface area contributed by atoms with Crippen LogP contribution in [0.1, 0.15) is 204 Å². The van der Waals surface area contributed by atoms with Crippen LogP contribution in [0.25, 0.3) is 0 Å². The summed E-state index contributed by atoms with van der Waals surface area (Å²) < 4.78 is 0. The van der Waals surface area contributed by atoms with Crippen LogP contribution in [0.4, 0.5) is 0 Å². The molecule has 0 spiro atoms. The summed E-state index contributed by atoms with van der Waals surface area (Å²) in [5.74, 6) is 8.04. The predicted molar refractivity (Wildman–Crippen MR) is 241 cm³/mol. The molecule has 17 atom stereocenters. The summed E-state index contributed by atoms with van der Waals surface area (Å²) in [6.07, 6.45) is 29.6. The van der Waals surface area contributed by atoms with Gasteiger partial charge in [0.25, 0.3) is 0 Å². The second-order valence-electron chi connectivity index (χ2n) is 24.7. The van der Waals surface area contributed by atoms with Crippen LogP contribution in [-0.2, 0) is 0 Å². The second kappa shape index (κ2) is 17.1. The second-order valence-corrected chi connectivity index (χ2v) is 24.7. The predicted octanol–water partition coefficient (Wildman–Crippen LogP) is 12.9. The molecule has 0 radical (unpaired) electrons. The highest BCUT2D eigenvalue weighted by Gasteiger charge is 2.62. The first kappa shape index (κ1) is 45.3. The van der Waals surface area contributed by atoms with Crippen molar-refractivity contribution < 1.29 is 20.4 Å². The van der Waals surface area contributed by atoms with Gasteiger partial charge in [-0.2, -0.15) is 0 Å². The van der Waals surface area contributed by atoms with Gasteiger partial charge < -0.3 is 20.4 Å². The van der Waals surface area contributed by atoms with Crippen LogP contribution < -0.4 is 0 Å². The van der Waals surface area contributed by atoms with Crippen molar-refractivity contribution in [3.8, 4) is 0 Å². The topological polar surface area (TPSA) is 80.9 Å². The minimum atomic E-state index is -0.514. The zero-order valence-corrected chi connectivity index (χ0v) is 39.4. The Balaban J connectivity index is 0.000000177. The van der Waals surface area contributed by atoms with Gasteiger partial charge in [0.1, 0.15) is 0 Å². The molecule has 0 aromatic heterocycles. The monoisotopic (exact) mass is 805 g/mol.